The number of likely N-dealkylation sites (tertiary alicyclic amines) is 1. The quantitative estimate of drug-likeness (QED) is 0.401. The summed E-state index contributed by atoms with van der Waals surface area (Å²) in [5, 5.41) is 4.78. The highest BCUT2D eigenvalue weighted by molar-refractivity contribution is 7.89. The molecule has 4 rings (SSSR count). The molecule has 0 radical (unpaired) electrons. The van der Waals surface area contributed by atoms with Gasteiger partial charge in [0.1, 0.15) is 0 Å². The number of hydrogen-bond acceptors (Lipinski definition) is 7. The normalized spacial score (nSPS) is 18.4. The molecule has 0 atom stereocenters. The van der Waals surface area contributed by atoms with Crippen molar-refractivity contribution in [1.29, 1.82) is 0 Å². The van der Waals surface area contributed by atoms with Crippen molar-refractivity contribution in [3.05, 3.63) is 29.0 Å². The van der Waals surface area contributed by atoms with E-state index in [1.54, 1.807) is 27.2 Å². The van der Waals surface area contributed by atoms with Crippen LogP contribution < -0.4 is 0 Å². The Hall–Kier alpha value is -2.08. The van der Waals surface area contributed by atoms with E-state index in [9.17, 15) is 13.2 Å². The molecule has 2 saturated heterocycles. The van der Waals surface area contributed by atoms with Crippen LogP contribution >= 0.6 is 12.2 Å². The van der Waals surface area contributed by atoms with Crippen molar-refractivity contribution in [3.8, 4) is 11.4 Å². The standard InChI is InChI=1S/C23H33N5O4S2/c1-3-27-21(19-8-7-9-20(16-19)34(30,31)26-12-5-6-13-26)24-28(23(27)33)17-25-14-10-18(11-15-25)22(29)32-4-2/h7-9,16,18H,3-6,10-15,17H2,1-2H3. The molecule has 3 heterocycles. The Morgan fingerprint density at radius 2 is 1.85 bits per heavy atom. The lowest BCUT2D eigenvalue weighted by Gasteiger charge is -2.30. The van der Waals surface area contributed by atoms with Crippen molar-refractivity contribution in [2.45, 2.75) is 57.6 Å². The van der Waals surface area contributed by atoms with Gasteiger partial charge in [-0.3, -0.25) is 9.69 Å². The highest BCUT2D eigenvalue weighted by Gasteiger charge is 2.29. The number of esters is 1. The van der Waals surface area contributed by atoms with Gasteiger partial charge in [-0.1, -0.05) is 12.1 Å². The second kappa shape index (κ2) is 10.7. The molecule has 0 unspecified atom stereocenters. The van der Waals surface area contributed by atoms with E-state index in [4.69, 9.17) is 22.1 Å². The van der Waals surface area contributed by atoms with Crippen LogP contribution in [0.3, 0.4) is 0 Å². The van der Waals surface area contributed by atoms with E-state index in [2.05, 4.69) is 4.90 Å². The first-order valence-corrected chi connectivity index (χ1v) is 13.9. The summed E-state index contributed by atoms with van der Waals surface area (Å²) in [6.45, 7) is 8.06. The van der Waals surface area contributed by atoms with Gasteiger partial charge in [-0.2, -0.15) is 9.40 Å². The van der Waals surface area contributed by atoms with Gasteiger partial charge in [-0.25, -0.2) is 13.1 Å². The van der Waals surface area contributed by atoms with E-state index < -0.39 is 10.0 Å². The number of hydrogen-bond donors (Lipinski definition) is 0. The van der Waals surface area contributed by atoms with Crippen LogP contribution in [-0.2, 0) is 32.8 Å². The van der Waals surface area contributed by atoms with Gasteiger partial charge in [0.05, 0.1) is 24.1 Å². The number of carbonyl (C=O) groups excluding carboxylic acids is 1. The second-order valence-electron chi connectivity index (χ2n) is 8.77. The lowest BCUT2D eigenvalue weighted by Crippen LogP contribution is -2.38. The van der Waals surface area contributed by atoms with Crippen LogP contribution in [0.4, 0.5) is 0 Å². The van der Waals surface area contributed by atoms with E-state index in [1.807, 2.05) is 24.5 Å². The van der Waals surface area contributed by atoms with Gasteiger partial charge in [0, 0.05) is 38.3 Å². The van der Waals surface area contributed by atoms with Crippen LogP contribution in [0.1, 0.15) is 39.5 Å². The minimum Gasteiger partial charge on any atom is -0.466 e. The maximum Gasteiger partial charge on any atom is 0.309 e. The van der Waals surface area contributed by atoms with E-state index in [0.29, 0.717) is 43.5 Å². The van der Waals surface area contributed by atoms with E-state index in [1.165, 1.54) is 0 Å². The maximum absolute atomic E-state index is 13.1. The van der Waals surface area contributed by atoms with Gasteiger partial charge < -0.3 is 9.30 Å². The Balaban J connectivity index is 1.54. The van der Waals surface area contributed by atoms with Crippen LogP contribution in [0.15, 0.2) is 29.2 Å². The molecule has 34 heavy (non-hydrogen) atoms. The molecule has 2 aromatic rings. The van der Waals surface area contributed by atoms with Crippen molar-refractivity contribution in [3.63, 3.8) is 0 Å². The van der Waals surface area contributed by atoms with Gasteiger partial charge in [-0.15, -0.1) is 0 Å². The summed E-state index contributed by atoms with van der Waals surface area (Å²) in [6.07, 6.45) is 3.30. The monoisotopic (exact) mass is 507 g/mol. The zero-order valence-corrected chi connectivity index (χ0v) is 21.5. The first-order valence-electron chi connectivity index (χ1n) is 12.0. The Morgan fingerprint density at radius 1 is 1.15 bits per heavy atom. The lowest BCUT2D eigenvalue weighted by molar-refractivity contribution is -0.149. The van der Waals surface area contributed by atoms with Gasteiger partial charge in [0.25, 0.3) is 0 Å². The molecule has 0 N–H and O–H groups in total. The summed E-state index contributed by atoms with van der Waals surface area (Å²) in [6, 6.07) is 6.99. The zero-order chi connectivity index (χ0) is 24.3. The molecule has 1 aromatic carbocycles. The SMILES string of the molecule is CCOC(=O)C1CCN(Cn2nc(-c3cccc(S(=O)(=O)N4CCCC4)c3)n(CC)c2=S)CC1. The summed E-state index contributed by atoms with van der Waals surface area (Å²) in [5.74, 6) is 0.501. The van der Waals surface area contributed by atoms with Gasteiger partial charge >= 0.3 is 5.97 Å². The smallest absolute Gasteiger partial charge is 0.309 e. The van der Waals surface area contributed by atoms with Crippen LogP contribution in [0, 0.1) is 10.7 Å². The number of ether oxygens (including phenoxy) is 1. The Labute approximate surface area is 206 Å². The van der Waals surface area contributed by atoms with Crippen LogP contribution in [-0.4, -0.2) is 70.7 Å². The van der Waals surface area contributed by atoms with Crippen molar-refractivity contribution < 1.29 is 17.9 Å². The van der Waals surface area contributed by atoms with E-state index in [-0.39, 0.29) is 16.8 Å². The van der Waals surface area contributed by atoms with Crippen molar-refractivity contribution in [2.24, 2.45) is 5.92 Å². The summed E-state index contributed by atoms with van der Waals surface area (Å²) in [5.41, 5.74) is 0.730. The third-order valence-corrected chi connectivity index (χ3v) is 8.90. The first kappa shape index (κ1) is 25.0. The second-order valence-corrected chi connectivity index (χ2v) is 11.1. The molecular weight excluding hydrogens is 474 g/mol. The van der Waals surface area contributed by atoms with Crippen LogP contribution in [0.25, 0.3) is 11.4 Å². The van der Waals surface area contributed by atoms with E-state index >= 15 is 0 Å². The summed E-state index contributed by atoms with van der Waals surface area (Å²) >= 11 is 5.71. The van der Waals surface area contributed by atoms with Crippen molar-refractivity contribution in [1.82, 2.24) is 23.6 Å². The number of piperidine rings is 1. The lowest BCUT2D eigenvalue weighted by atomic mass is 9.97. The molecule has 0 bridgehead atoms. The third-order valence-electron chi connectivity index (χ3n) is 6.58. The zero-order valence-electron chi connectivity index (χ0n) is 19.9. The number of aromatic nitrogens is 3. The predicted molar refractivity (Wildman–Crippen MR) is 131 cm³/mol. The predicted octanol–water partition coefficient (Wildman–Crippen LogP) is 3.12. The summed E-state index contributed by atoms with van der Waals surface area (Å²) in [4.78, 5) is 14.5. The first-order chi connectivity index (χ1) is 16.3. The maximum atomic E-state index is 13.1. The molecule has 9 nitrogen and oxygen atoms in total. The molecule has 186 valence electrons. The number of benzene rings is 1. The fourth-order valence-corrected chi connectivity index (χ4v) is 6.54. The topological polar surface area (TPSA) is 89.7 Å². The molecular formula is C23H33N5O4S2. The van der Waals surface area contributed by atoms with Crippen LogP contribution in [0.2, 0.25) is 0 Å². The highest BCUT2D eigenvalue weighted by Crippen LogP contribution is 2.26. The molecule has 1 aromatic heterocycles. The minimum absolute atomic E-state index is 0.0479. The fourth-order valence-electron chi connectivity index (χ4n) is 4.66. The third kappa shape index (κ3) is 5.12. The molecule has 0 saturated carbocycles. The van der Waals surface area contributed by atoms with Crippen LogP contribution in [0.5, 0.6) is 0 Å². The van der Waals surface area contributed by atoms with Gasteiger partial charge in [0.15, 0.2) is 10.6 Å². The molecule has 0 amide bonds. The largest absolute Gasteiger partial charge is 0.466 e. The molecule has 11 heteroatoms. The molecule has 2 aliphatic heterocycles. The molecule has 0 aliphatic carbocycles. The number of sulfonamides is 1. The number of carbonyl (C=O) groups is 1. The Morgan fingerprint density at radius 3 is 2.50 bits per heavy atom. The molecule has 2 fully saturated rings. The highest BCUT2D eigenvalue weighted by atomic mass is 32.2. The minimum atomic E-state index is -3.51. The number of rotatable bonds is 8. The Kier molecular flexibility index (Phi) is 7.86. The van der Waals surface area contributed by atoms with Gasteiger partial charge in [-0.05, 0) is 63.9 Å². The van der Waals surface area contributed by atoms with E-state index in [0.717, 1.165) is 44.3 Å². The summed E-state index contributed by atoms with van der Waals surface area (Å²) in [7, 11) is -3.51. The Bertz CT molecular complexity index is 1180. The van der Waals surface area contributed by atoms with Crippen molar-refractivity contribution in [2.75, 3.05) is 32.8 Å². The van der Waals surface area contributed by atoms with Gasteiger partial charge in [0.2, 0.25) is 10.0 Å². The average molecular weight is 508 g/mol. The van der Waals surface area contributed by atoms with Crippen molar-refractivity contribution >= 4 is 28.2 Å². The summed E-state index contributed by atoms with van der Waals surface area (Å²) < 4.78 is 37.1. The molecule has 0 spiro atoms. The fraction of sp³-hybridized carbons (Fsp3) is 0.609. The number of nitrogens with zero attached hydrogens (tertiary/aromatic N) is 5. The average Bonchev–Trinajstić information content (AvgIpc) is 3.49. The molecule has 2 aliphatic rings.